The Bertz CT molecular complexity index is 284. The van der Waals surface area contributed by atoms with Crippen molar-refractivity contribution in [1.29, 1.82) is 0 Å². The number of aliphatic hydroxyl groups excluding tert-OH is 1. The number of nitrogens with zero attached hydrogens (tertiary/aromatic N) is 1. The van der Waals surface area contributed by atoms with Crippen LogP contribution in [0.5, 0.6) is 0 Å². The van der Waals surface area contributed by atoms with Gasteiger partial charge in [-0.25, -0.2) is 18.4 Å². The Morgan fingerprint density at radius 2 is 1.94 bits per heavy atom. The predicted molar refractivity (Wildman–Crippen MR) is 54.9 cm³/mol. The Kier molecular flexibility index (Phi) is 5.80. The largest absolute Gasteiger partial charge is 0.480 e. The molecule has 0 rings (SSSR count). The molecule has 17 heavy (non-hydrogen) atoms. The lowest BCUT2D eigenvalue weighted by Gasteiger charge is -2.27. The zero-order valence-electron chi connectivity index (χ0n) is 9.61. The van der Waals surface area contributed by atoms with Crippen molar-refractivity contribution in [3.63, 3.8) is 0 Å². The molecule has 8 heteroatoms. The van der Waals surface area contributed by atoms with Crippen molar-refractivity contribution in [3.8, 4) is 0 Å². The van der Waals surface area contributed by atoms with E-state index in [2.05, 4.69) is 5.32 Å². The van der Waals surface area contributed by atoms with Crippen LogP contribution in [0.1, 0.15) is 13.8 Å². The maximum Gasteiger partial charge on any atom is 0.328 e. The molecule has 0 unspecified atom stereocenters. The van der Waals surface area contributed by atoms with E-state index in [0.717, 1.165) is 0 Å². The molecule has 0 aliphatic carbocycles. The fourth-order valence-corrected chi connectivity index (χ4v) is 0.963. The van der Waals surface area contributed by atoms with Crippen molar-refractivity contribution >= 4 is 12.0 Å². The first kappa shape index (κ1) is 15.6. The molecule has 0 spiro atoms. The number of carbonyl (C=O) groups excluding carboxylic acids is 1. The second kappa shape index (κ2) is 6.33. The number of carboxylic acids is 1. The smallest absolute Gasteiger partial charge is 0.328 e. The van der Waals surface area contributed by atoms with E-state index in [0.29, 0.717) is 4.90 Å². The maximum absolute atomic E-state index is 12.1. The first-order valence-electron chi connectivity index (χ1n) is 4.90. The van der Waals surface area contributed by atoms with Crippen molar-refractivity contribution in [3.05, 3.63) is 0 Å². The third-order valence-corrected chi connectivity index (χ3v) is 1.97. The molecule has 100 valence electrons. The lowest BCUT2D eigenvalue weighted by molar-refractivity contribution is -0.143. The van der Waals surface area contributed by atoms with Crippen LogP contribution in [0.2, 0.25) is 0 Å². The molecule has 0 aromatic rings. The summed E-state index contributed by atoms with van der Waals surface area (Å²) in [5, 5.41) is 19.5. The van der Waals surface area contributed by atoms with Gasteiger partial charge in [0.05, 0.1) is 13.2 Å². The normalized spacial score (nSPS) is 11.4. The van der Waals surface area contributed by atoms with Crippen molar-refractivity contribution in [2.45, 2.75) is 25.8 Å². The quantitative estimate of drug-likeness (QED) is 0.628. The lowest BCUT2D eigenvalue weighted by Crippen LogP contribution is -2.55. The van der Waals surface area contributed by atoms with Gasteiger partial charge in [-0.3, -0.25) is 0 Å². The van der Waals surface area contributed by atoms with Gasteiger partial charge >= 0.3 is 12.0 Å². The van der Waals surface area contributed by atoms with Gasteiger partial charge in [0.15, 0.2) is 0 Å². The maximum atomic E-state index is 12.1. The molecule has 0 aromatic heterocycles. The highest BCUT2D eigenvalue weighted by atomic mass is 19.3. The number of halogens is 2. The number of alkyl halides is 2. The SMILES string of the molecule is CC(C)(NC(=O)N(CCO)CC(F)F)C(=O)O. The number of nitrogens with one attached hydrogen (secondary N) is 1. The molecule has 0 aliphatic heterocycles. The number of aliphatic carboxylic acids is 1. The number of carbonyl (C=O) groups is 2. The van der Waals surface area contributed by atoms with Crippen LogP contribution >= 0.6 is 0 Å². The molecule has 0 saturated carbocycles. The monoisotopic (exact) mass is 254 g/mol. The fraction of sp³-hybridized carbons (Fsp3) is 0.778. The molecule has 6 nitrogen and oxygen atoms in total. The summed E-state index contributed by atoms with van der Waals surface area (Å²) in [4.78, 5) is 22.9. The van der Waals surface area contributed by atoms with Gasteiger partial charge in [0.1, 0.15) is 5.54 Å². The van der Waals surface area contributed by atoms with Crippen LogP contribution < -0.4 is 5.32 Å². The highest BCUT2D eigenvalue weighted by Crippen LogP contribution is 2.05. The summed E-state index contributed by atoms with van der Waals surface area (Å²) in [6, 6.07) is -0.952. The number of carboxylic acid groups (broad SMARTS) is 1. The van der Waals surface area contributed by atoms with Gasteiger partial charge in [-0.2, -0.15) is 0 Å². The zero-order chi connectivity index (χ0) is 13.6. The van der Waals surface area contributed by atoms with Crippen LogP contribution in [0.4, 0.5) is 13.6 Å². The summed E-state index contributed by atoms with van der Waals surface area (Å²) >= 11 is 0. The van der Waals surface area contributed by atoms with E-state index < -0.39 is 37.1 Å². The Labute approximate surface area is 97.2 Å². The first-order valence-corrected chi connectivity index (χ1v) is 4.90. The molecule has 2 amide bonds. The molecule has 0 saturated heterocycles. The number of amides is 2. The number of urea groups is 1. The predicted octanol–water partition coefficient (Wildman–Crippen LogP) is 0.119. The highest BCUT2D eigenvalue weighted by molar-refractivity contribution is 5.85. The summed E-state index contributed by atoms with van der Waals surface area (Å²) in [5.74, 6) is -1.29. The summed E-state index contributed by atoms with van der Waals surface area (Å²) in [6.45, 7) is 0.834. The van der Waals surface area contributed by atoms with Gasteiger partial charge in [0.2, 0.25) is 0 Å². The van der Waals surface area contributed by atoms with E-state index in [9.17, 15) is 18.4 Å². The standard InChI is InChI=1S/C9H16F2N2O4/c1-9(2,7(15)16)12-8(17)13(3-4-14)5-6(10)11/h6,14H,3-5H2,1-2H3,(H,12,17)(H,15,16). The van der Waals surface area contributed by atoms with Crippen LogP contribution in [0.3, 0.4) is 0 Å². The molecule has 0 radical (unpaired) electrons. The highest BCUT2D eigenvalue weighted by Gasteiger charge is 2.31. The molecule has 0 fully saturated rings. The second-order valence-electron chi connectivity index (χ2n) is 3.92. The van der Waals surface area contributed by atoms with Crippen molar-refractivity contribution in [1.82, 2.24) is 10.2 Å². The summed E-state index contributed by atoms with van der Waals surface area (Å²) in [6.07, 6.45) is -2.75. The third kappa shape index (κ3) is 5.43. The van der Waals surface area contributed by atoms with Crippen molar-refractivity contribution in [2.24, 2.45) is 0 Å². The van der Waals surface area contributed by atoms with Crippen LogP contribution in [0.15, 0.2) is 0 Å². The van der Waals surface area contributed by atoms with E-state index >= 15 is 0 Å². The zero-order valence-corrected chi connectivity index (χ0v) is 9.61. The van der Waals surface area contributed by atoms with Gasteiger partial charge in [-0.15, -0.1) is 0 Å². The fourth-order valence-electron chi connectivity index (χ4n) is 0.963. The molecule has 0 atom stereocenters. The average molecular weight is 254 g/mol. The average Bonchev–Trinajstić information content (AvgIpc) is 2.15. The second-order valence-corrected chi connectivity index (χ2v) is 3.92. The molecule has 0 aliphatic rings. The van der Waals surface area contributed by atoms with Crippen LogP contribution in [-0.2, 0) is 4.79 Å². The van der Waals surface area contributed by atoms with E-state index in [1.807, 2.05) is 0 Å². The number of hydrogen-bond donors (Lipinski definition) is 3. The molecular formula is C9H16F2N2O4. The minimum Gasteiger partial charge on any atom is -0.480 e. The number of aliphatic hydroxyl groups is 1. The van der Waals surface area contributed by atoms with E-state index in [-0.39, 0.29) is 6.54 Å². The van der Waals surface area contributed by atoms with Gasteiger partial charge in [-0.1, -0.05) is 0 Å². The molecule has 0 bridgehead atoms. The Balaban J connectivity index is 4.57. The van der Waals surface area contributed by atoms with Crippen molar-refractivity contribution < 1.29 is 28.6 Å². The number of rotatable bonds is 6. The third-order valence-electron chi connectivity index (χ3n) is 1.97. The Morgan fingerprint density at radius 3 is 2.29 bits per heavy atom. The summed E-state index contributed by atoms with van der Waals surface area (Å²) in [7, 11) is 0. The summed E-state index contributed by atoms with van der Waals surface area (Å²) in [5.41, 5.74) is -1.56. The lowest BCUT2D eigenvalue weighted by atomic mass is 10.1. The van der Waals surface area contributed by atoms with Crippen LogP contribution in [0.25, 0.3) is 0 Å². The van der Waals surface area contributed by atoms with Crippen molar-refractivity contribution in [2.75, 3.05) is 19.7 Å². The van der Waals surface area contributed by atoms with Crippen LogP contribution in [0, 0.1) is 0 Å². The topological polar surface area (TPSA) is 89.9 Å². The molecule has 0 heterocycles. The van der Waals surface area contributed by atoms with Crippen LogP contribution in [-0.4, -0.2) is 58.8 Å². The first-order chi connectivity index (χ1) is 7.70. The van der Waals surface area contributed by atoms with Gasteiger partial charge in [0.25, 0.3) is 6.43 Å². The summed E-state index contributed by atoms with van der Waals surface area (Å²) < 4.78 is 24.3. The Hall–Kier alpha value is -1.44. The minimum atomic E-state index is -2.75. The number of hydrogen-bond acceptors (Lipinski definition) is 3. The van der Waals surface area contributed by atoms with Gasteiger partial charge < -0.3 is 20.4 Å². The molecular weight excluding hydrogens is 238 g/mol. The molecule has 3 N–H and O–H groups in total. The van der Waals surface area contributed by atoms with Gasteiger partial charge in [0, 0.05) is 6.54 Å². The minimum absolute atomic E-state index is 0.286. The van der Waals surface area contributed by atoms with Gasteiger partial charge in [-0.05, 0) is 13.8 Å². The van der Waals surface area contributed by atoms with E-state index in [1.54, 1.807) is 0 Å². The van der Waals surface area contributed by atoms with E-state index in [1.165, 1.54) is 13.8 Å². The van der Waals surface area contributed by atoms with E-state index in [4.69, 9.17) is 10.2 Å². The molecule has 0 aromatic carbocycles. The Morgan fingerprint density at radius 1 is 1.41 bits per heavy atom.